The second kappa shape index (κ2) is 5.22. The van der Waals surface area contributed by atoms with E-state index in [0.29, 0.717) is 23.2 Å². The molecule has 2 bridgehead atoms. The second-order valence-corrected chi connectivity index (χ2v) is 6.12. The molecule has 1 unspecified atom stereocenters. The lowest BCUT2D eigenvalue weighted by Crippen LogP contribution is -2.48. The van der Waals surface area contributed by atoms with Crippen molar-refractivity contribution in [3.8, 4) is 11.4 Å². The molecule has 1 aromatic heterocycles. The number of hydrogen-bond donors (Lipinski definition) is 0. The van der Waals surface area contributed by atoms with Crippen molar-refractivity contribution in [1.29, 1.82) is 0 Å². The van der Waals surface area contributed by atoms with Crippen LogP contribution in [0.25, 0.3) is 11.4 Å². The summed E-state index contributed by atoms with van der Waals surface area (Å²) in [5.41, 5.74) is 0.666. The molecule has 1 aromatic carbocycles. The van der Waals surface area contributed by atoms with Gasteiger partial charge in [-0.25, -0.2) is 4.39 Å². The van der Waals surface area contributed by atoms with Gasteiger partial charge in [-0.3, -0.25) is 0 Å². The first kappa shape index (κ1) is 13.0. The zero-order chi connectivity index (χ0) is 14.2. The van der Waals surface area contributed by atoms with Gasteiger partial charge in [0, 0.05) is 18.5 Å². The van der Waals surface area contributed by atoms with E-state index in [1.54, 1.807) is 12.1 Å². The maximum absolute atomic E-state index is 13.2. The zero-order valence-electron chi connectivity index (χ0n) is 11.8. The van der Waals surface area contributed by atoms with Crippen LogP contribution in [-0.2, 0) is 6.42 Å². The number of fused-ring (bicyclic) bond motifs is 3. The Labute approximate surface area is 123 Å². The number of piperidine rings is 3. The number of aromatic nitrogens is 2. The van der Waals surface area contributed by atoms with Crippen molar-refractivity contribution in [3.05, 3.63) is 36.0 Å². The van der Waals surface area contributed by atoms with Gasteiger partial charge in [0.15, 0.2) is 0 Å². The molecule has 2 aromatic rings. The monoisotopic (exact) mass is 287 g/mol. The van der Waals surface area contributed by atoms with Crippen LogP contribution in [0.3, 0.4) is 0 Å². The highest BCUT2D eigenvalue weighted by Crippen LogP contribution is 2.34. The fourth-order valence-electron chi connectivity index (χ4n) is 3.63. The second-order valence-electron chi connectivity index (χ2n) is 6.12. The average Bonchev–Trinajstić information content (AvgIpc) is 2.97. The van der Waals surface area contributed by atoms with E-state index in [4.69, 9.17) is 4.52 Å². The normalized spacial score (nSPS) is 28.0. The number of benzene rings is 1. The minimum Gasteiger partial charge on any atom is -0.339 e. The molecular formula is C16H18FN3O. The van der Waals surface area contributed by atoms with Crippen LogP contribution in [0.4, 0.5) is 4.39 Å². The molecular weight excluding hydrogens is 269 g/mol. The van der Waals surface area contributed by atoms with Crippen molar-refractivity contribution in [3.63, 3.8) is 0 Å². The number of nitrogens with zero attached hydrogens (tertiary/aromatic N) is 3. The summed E-state index contributed by atoms with van der Waals surface area (Å²) in [5, 5.41) is 3.99. The standard InChI is InChI=1S/C16H18FN3O/c17-14-3-1-2-12(8-14)16-18-15(21-19-16)9-13-10-20-6-4-11(13)5-7-20/h1-3,8,11,13H,4-7,9-10H2. The highest BCUT2D eigenvalue weighted by Gasteiger charge is 2.35. The molecule has 4 heterocycles. The molecule has 0 aliphatic carbocycles. The Morgan fingerprint density at radius 3 is 2.86 bits per heavy atom. The van der Waals surface area contributed by atoms with Crippen molar-refractivity contribution in [1.82, 2.24) is 15.0 Å². The number of halogens is 1. The lowest BCUT2D eigenvalue weighted by atomic mass is 9.77. The topological polar surface area (TPSA) is 42.2 Å². The average molecular weight is 287 g/mol. The van der Waals surface area contributed by atoms with Gasteiger partial charge in [0.1, 0.15) is 5.82 Å². The van der Waals surface area contributed by atoms with Gasteiger partial charge in [0.25, 0.3) is 0 Å². The SMILES string of the molecule is Fc1cccc(-c2noc(CC3CN4CCC3CC4)n2)c1. The van der Waals surface area contributed by atoms with Crippen LogP contribution >= 0.6 is 0 Å². The molecule has 3 aliphatic rings. The van der Waals surface area contributed by atoms with Gasteiger partial charge in [0.05, 0.1) is 0 Å². The Morgan fingerprint density at radius 2 is 2.14 bits per heavy atom. The summed E-state index contributed by atoms with van der Waals surface area (Å²) in [6.07, 6.45) is 3.41. The van der Waals surface area contributed by atoms with Crippen LogP contribution in [0.15, 0.2) is 28.8 Å². The van der Waals surface area contributed by atoms with Crippen molar-refractivity contribution >= 4 is 0 Å². The maximum atomic E-state index is 13.2. The molecule has 21 heavy (non-hydrogen) atoms. The van der Waals surface area contributed by atoms with Crippen molar-refractivity contribution in [2.45, 2.75) is 19.3 Å². The molecule has 0 amide bonds. The van der Waals surface area contributed by atoms with Gasteiger partial charge < -0.3 is 9.42 Å². The molecule has 4 nitrogen and oxygen atoms in total. The molecule has 5 heteroatoms. The molecule has 3 fully saturated rings. The Hall–Kier alpha value is -1.75. The van der Waals surface area contributed by atoms with Crippen LogP contribution in [0.1, 0.15) is 18.7 Å². The first-order valence-corrected chi connectivity index (χ1v) is 7.59. The van der Waals surface area contributed by atoms with Gasteiger partial charge in [-0.05, 0) is 49.9 Å². The fraction of sp³-hybridized carbons (Fsp3) is 0.500. The van der Waals surface area contributed by atoms with Crippen molar-refractivity contribution in [2.24, 2.45) is 11.8 Å². The molecule has 0 N–H and O–H groups in total. The molecule has 3 saturated heterocycles. The third-order valence-electron chi connectivity index (χ3n) is 4.78. The van der Waals surface area contributed by atoms with E-state index < -0.39 is 0 Å². The van der Waals surface area contributed by atoms with Crippen molar-refractivity contribution < 1.29 is 8.91 Å². The number of rotatable bonds is 3. The number of hydrogen-bond acceptors (Lipinski definition) is 4. The Kier molecular flexibility index (Phi) is 3.22. The van der Waals surface area contributed by atoms with Gasteiger partial charge in [-0.15, -0.1) is 0 Å². The third kappa shape index (κ3) is 2.58. The van der Waals surface area contributed by atoms with Crippen LogP contribution in [0.5, 0.6) is 0 Å². The first-order valence-electron chi connectivity index (χ1n) is 7.59. The Morgan fingerprint density at radius 1 is 1.29 bits per heavy atom. The van der Waals surface area contributed by atoms with Crippen LogP contribution in [-0.4, -0.2) is 34.7 Å². The van der Waals surface area contributed by atoms with Crippen LogP contribution in [0.2, 0.25) is 0 Å². The van der Waals surface area contributed by atoms with Gasteiger partial charge in [0.2, 0.25) is 11.7 Å². The quantitative estimate of drug-likeness (QED) is 0.870. The van der Waals surface area contributed by atoms with E-state index in [1.807, 2.05) is 0 Å². The van der Waals surface area contributed by atoms with Gasteiger partial charge in [-0.1, -0.05) is 17.3 Å². The van der Waals surface area contributed by atoms with E-state index in [9.17, 15) is 4.39 Å². The summed E-state index contributed by atoms with van der Waals surface area (Å²) in [6, 6.07) is 6.31. The minimum atomic E-state index is -0.281. The summed E-state index contributed by atoms with van der Waals surface area (Å²) < 4.78 is 18.6. The summed E-state index contributed by atoms with van der Waals surface area (Å²) in [6.45, 7) is 3.61. The summed E-state index contributed by atoms with van der Waals surface area (Å²) in [7, 11) is 0. The predicted octanol–water partition coefficient (Wildman–Crippen LogP) is 2.76. The van der Waals surface area contributed by atoms with Crippen LogP contribution in [0, 0.1) is 17.7 Å². The Balaban J connectivity index is 1.50. The molecule has 1 atom stereocenters. The molecule has 5 rings (SSSR count). The predicted molar refractivity (Wildman–Crippen MR) is 76.1 cm³/mol. The highest BCUT2D eigenvalue weighted by molar-refractivity contribution is 5.53. The smallest absolute Gasteiger partial charge is 0.227 e. The lowest BCUT2D eigenvalue weighted by Gasteiger charge is -2.44. The largest absolute Gasteiger partial charge is 0.339 e. The lowest BCUT2D eigenvalue weighted by molar-refractivity contribution is 0.0473. The maximum Gasteiger partial charge on any atom is 0.227 e. The molecule has 0 spiro atoms. The summed E-state index contributed by atoms with van der Waals surface area (Å²) >= 11 is 0. The third-order valence-corrected chi connectivity index (χ3v) is 4.78. The summed E-state index contributed by atoms with van der Waals surface area (Å²) in [5.74, 6) is 2.28. The van der Waals surface area contributed by atoms with E-state index in [1.165, 1.54) is 38.1 Å². The highest BCUT2D eigenvalue weighted by atomic mass is 19.1. The molecule has 0 radical (unpaired) electrons. The minimum absolute atomic E-state index is 0.281. The summed E-state index contributed by atoms with van der Waals surface area (Å²) in [4.78, 5) is 6.96. The Bertz CT molecular complexity index is 634. The zero-order valence-corrected chi connectivity index (χ0v) is 11.8. The van der Waals surface area contributed by atoms with E-state index in [-0.39, 0.29) is 5.82 Å². The fourth-order valence-corrected chi connectivity index (χ4v) is 3.63. The van der Waals surface area contributed by atoms with Crippen LogP contribution < -0.4 is 0 Å². The first-order chi connectivity index (χ1) is 10.3. The molecule has 3 aliphatic heterocycles. The van der Waals surface area contributed by atoms with E-state index in [0.717, 1.165) is 18.9 Å². The molecule has 110 valence electrons. The molecule has 0 saturated carbocycles. The van der Waals surface area contributed by atoms with Gasteiger partial charge >= 0.3 is 0 Å². The van der Waals surface area contributed by atoms with E-state index >= 15 is 0 Å². The van der Waals surface area contributed by atoms with Gasteiger partial charge in [-0.2, -0.15) is 4.98 Å². The van der Waals surface area contributed by atoms with Crippen molar-refractivity contribution in [2.75, 3.05) is 19.6 Å². The van der Waals surface area contributed by atoms with E-state index in [2.05, 4.69) is 15.0 Å².